The Morgan fingerprint density at radius 1 is 1.41 bits per heavy atom. The van der Waals surface area contributed by atoms with Gasteiger partial charge in [-0.1, -0.05) is 18.9 Å². The topological polar surface area (TPSA) is 40.0 Å². The van der Waals surface area contributed by atoms with E-state index in [-0.39, 0.29) is 0 Å². The van der Waals surface area contributed by atoms with Crippen LogP contribution in [0.25, 0.3) is 0 Å². The molecule has 1 aromatic rings. The Bertz CT molecular complexity index is 355. The number of hydrogen-bond donors (Lipinski definition) is 1. The highest BCUT2D eigenvalue weighted by molar-refractivity contribution is 5.81. The summed E-state index contributed by atoms with van der Waals surface area (Å²) in [6, 6.07) is 5.97. The average molecular weight is 231 g/mol. The SMILES string of the molecule is CCN(Cc1ccccn1)C(=N)C1CCCC1. The molecule has 17 heavy (non-hydrogen) atoms. The van der Waals surface area contributed by atoms with Crippen molar-refractivity contribution >= 4 is 5.84 Å². The Labute approximate surface area is 103 Å². The van der Waals surface area contributed by atoms with Gasteiger partial charge in [0.15, 0.2) is 0 Å². The minimum Gasteiger partial charge on any atom is -0.355 e. The summed E-state index contributed by atoms with van der Waals surface area (Å²) < 4.78 is 0. The van der Waals surface area contributed by atoms with E-state index in [2.05, 4.69) is 16.8 Å². The van der Waals surface area contributed by atoms with E-state index >= 15 is 0 Å². The summed E-state index contributed by atoms with van der Waals surface area (Å²) in [5.41, 5.74) is 1.05. The Kier molecular flexibility index (Phi) is 4.13. The minimum absolute atomic E-state index is 0.485. The molecular formula is C14H21N3. The first-order valence-electron chi connectivity index (χ1n) is 6.54. The maximum atomic E-state index is 8.29. The lowest BCUT2D eigenvalue weighted by Gasteiger charge is -2.26. The van der Waals surface area contributed by atoms with E-state index in [1.165, 1.54) is 25.7 Å². The first-order valence-corrected chi connectivity index (χ1v) is 6.54. The van der Waals surface area contributed by atoms with Crippen LogP contribution in [0.5, 0.6) is 0 Å². The van der Waals surface area contributed by atoms with Gasteiger partial charge in [-0.2, -0.15) is 0 Å². The summed E-state index contributed by atoms with van der Waals surface area (Å²) in [6.45, 7) is 3.78. The predicted octanol–water partition coefficient (Wildman–Crippen LogP) is 3.07. The van der Waals surface area contributed by atoms with Crippen LogP contribution in [0, 0.1) is 11.3 Å². The van der Waals surface area contributed by atoms with E-state index < -0.39 is 0 Å². The monoisotopic (exact) mass is 231 g/mol. The number of nitrogens with one attached hydrogen (secondary N) is 1. The van der Waals surface area contributed by atoms with Crippen molar-refractivity contribution in [3.63, 3.8) is 0 Å². The van der Waals surface area contributed by atoms with E-state index in [1.54, 1.807) is 0 Å². The fourth-order valence-electron chi connectivity index (χ4n) is 2.51. The minimum atomic E-state index is 0.485. The lowest BCUT2D eigenvalue weighted by Crippen LogP contribution is -2.34. The highest BCUT2D eigenvalue weighted by atomic mass is 15.2. The van der Waals surface area contributed by atoms with Crippen LogP contribution in [0.2, 0.25) is 0 Å². The second-order valence-corrected chi connectivity index (χ2v) is 4.70. The molecule has 0 spiro atoms. The summed E-state index contributed by atoms with van der Waals surface area (Å²) in [7, 11) is 0. The molecule has 1 heterocycles. The molecule has 1 aliphatic carbocycles. The summed E-state index contributed by atoms with van der Waals surface area (Å²) >= 11 is 0. The van der Waals surface area contributed by atoms with Gasteiger partial charge < -0.3 is 4.90 Å². The maximum Gasteiger partial charge on any atom is 0.0992 e. The molecule has 1 aliphatic rings. The quantitative estimate of drug-likeness (QED) is 0.639. The number of hydrogen-bond acceptors (Lipinski definition) is 2. The smallest absolute Gasteiger partial charge is 0.0992 e. The molecule has 0 aliphatic heterocycles. The zero-order chi connectivity index (χ0) is 12.1. The van der Waals surface area contributed by atoms with Gasteiger partial charge in [-0.3, -0.25) is 10.4 Å². The van der Waals surface area contributed by atoms with Crippen LogP contribution in [0.1, 0.15) is 38.3 Å². The van der Waals surface area contributed by atoms with Crippen molar-refractivity contribution in [2.24, 2.45) is 5.92 Å². The summed E-state index contributed by atoms with van der Waals surface area (Å²) in [6.07, 6.45) is 6.78. The van der Waals surface area contributed by atoms with Gasteiger partial charge >= 0.3 is 0 Å². The molecule has 0 amide bonds. The first-order chi connectivity index (χ1) is 8.31. The van der Waals surface area contributed by atoms with Crippen LogP contribution in [-0.4, -0.2) is 22.3 Å². The molecule has 0 saturated heterocycles. The fraction of sp³-hybridized carbons (Fsp3) is 0.571. The van der Waals surface area contributed by atoms with Crippen LogP contribution >= 0.6 is 0 Å². The molecule has 3 nitrogen and oxygen atoms in total. The van der Waals surface area contributed by atoms with Crippen molar-refractivity contribution in [1.82, 2.24) is 9.88 Å². The third-order valence-corrected chi connectivity index (χ3v) is 3.54. The second kappa shape index (κ2) is 5.80. The summed E-state index contributed by atoms with van der Waals surface area (Å²) in [4.78, 5) is 6.49. The van der Waals surface area contributed by atoms with Crippen LogP contribution in [0.3, 0.4) is 0 Å². The molecule has 0 atom stereocenters. The van der Waals surface area contributed by atoms with Crippen LogP contribution in [0.15, 0.2) is 24.4 Å². The molecule has 1 aromatic heterocycles. The molecule has 0 bridgehead atoms. The van der Waals surface area contributed by atoms with Crippen molar-refractivity contribution in [1.29, 1.82) is 5.41 Å². The highest BCUT2D eigenvalue weighted by Gasteiger charge is 2.23. The number of pyridine rings is 1. The lowest BCUT2D eigenvalue weighted by molar-refractivity contribution is 0.397. The van der Waals surface area contributed by atoms with Gasteiger partial charge in [0, 0.05) is 18.7 Å². The molecular weight excluding hydrogens is 210 g/mol. The van der Waals surface area contributed by atoms with Gasteiger partial charge in [0.05, 0.1) is 18.1 Å². The Morgan fingerprint density at radius 2 is 2.18 bits per heavy atom. The molecule has 2 rings (SSSR count). The van der Waals surface area contributed by atoms with Crippen LogP contribution in [-0.2, 0) is 6.54 Å². The van der Waals surface area contributed by atoms with Gasteiger partial charge in [0.1, 0.15) is 0 Å². The molecule has 1 N–H and O–H groups in total. The van der Waals surface area contributed by atoms with E-state index in [9.17, 15) is 0 Å². The van der Waals surface area contributed by atoms with Crippen molar-refractivity contribution in [2.75, 3.05) is 6.54 Å². The normalized spacial score (nSPS) is 16.1. The Hall–Kier alpha value is -1.38. The van der Waals surface area contributed by atoms with Crippen molar-refractivity contribution in [3.05, 3.63) is 30.1 Å². The molecule has 0 radical (unpaired) electrons. The highest BCUT2D eigenvalue weighted by Crippen LogP contribution is 2.27. The average Bonchev–Trinajstić information content (AvgIpc) is 2.90. The number of rotatable bonds is 4. The van der Waals surface area contributed by atoms with Gasteiger partial charge in [-0.25, -0.2) is 0 Å². The molecule has 1 fully saturated rings. The van der Waals surface area contributed by atoms with E-state index in [1.807, 2.05) is 24.4 Å². The molecule has 3 heteroatoms. The van der Waals surface area contributed by atoms with Gasteiger partial charge in [0.25, 0.3) is 0 Å². The van der Waals surface area contributed by atoms with Gasteiger partial charge in [-0.15, -0.1) is 0 Å². The zero-order valence-electron chi connectivity index (χ0n) is 10.5. The summed E-state index contributed by atoms with van der Waals surface area (Å²) in [5, 5.41) is 8.29. The van der Waals surface area contributed by atoms with Crippen molar-refractivity contribution < 1.29 is 0 Å². The molecule has 92 valence electrons. The zero-order valence-corrected chi connectivity index (χ0v) is 10.5. The second-order valence-electron chi connectivity index (χ2n) is 4.70. The molecule has 1 saturated carbocycles. The first kappa shape index (κ1) is 12.1. The maximum absolute atomic E-state index is 8.29. The fourth-order valence-corrected chi connectivity index (χ4v) is 2.51. The molecule has 0 unspecified atom stereocenters. The molecule has 0 aromatic carbocycles. The van der Waals surface area contributed by atoms with E-state index in [4.69, 9.17) is 5.41 Å². The largest absolute Gasteiger partial charge is 0.355 e. The van der Waals surface area contributed by atoms with Gasteiger partial charge in [-0.05, 0) is 31.9 Å². The number of nitrogens with zero attached hydrogens (tertiary/aromatic N) is 2. The van der Waals surface area contributed by atoms with Crippen molar-refractivity contribution in [2.45, 2.75) is 39.2 Å². The lowest BCUT2D eigenvalue weighted by atomic mass is 10.1. The van der Waals surface area contributed by atoms with E-state index in [0.717, 1.165) is 24.6 Å². The third-order valence-electron chi connectivity index (χ3n) is 3.54. The van der Waals surface area contributed by atoms with Crippen LogP contribution < -0.4 is 0 Å². The standard InChI is InChI=1S/C14H21N3/c1-2-17(11-13-9-5-6-10-16-13)14(15)12-7-3-4-8-12/h5-6,9-10,12,15H,2-4,7-8,11H2,1H3. The van der Waals surface area contributed by atoms with Gasteiger partial charge in [0.2, 0.25) is 0 Å². The Balaban J connectivity index is 1.98. The third kappa shape index (κ3) is 3.05. The summed E-state index contributed by atoms with van der Waals surface area (Å²) in [5.74, 6) is 1.30. The van der Waals surface area contributed by atoms with Crippen LogP contribution in [0.4, 0.5) is 0 Å². The van der Waals surface area contributed by atoms with Crippen molar-refractivity contribution in [3.8, 4) is 0 Å². The number of aromatic nitrogens is 1. The predicted molar refractivity (Wildman–Crippen MR) is 70.0 cm³/mol. The van der Waals surface area contributed by atoms with E-state index in [0.29, 0.717) is 5.92 Å². The Morgan fingerprint density at radius 3 is 2.76 bits per heavy atom. The number of amidine groups is 1.